The minimum Gasteiger partial charge on any atom is -0.393 e. The second-order valence-corrected chi connectivity index (χ2v) is 13.2. The van der Waals surface area contributed by atoms with Gasteiger partial charge >= 0.3 is 6.18 Å². The molecule has 2 N–H and O–H groups in total. The smallest absolute Gasteiger partial charge is 0.392 e. The molecule has 0 aromatic rings. The standard InChI is InChI=1S/C27H45F3O2/c1-24(2,32)13-5-6-23(27(28,29)30)22-10-9-20-19-8-7-17-16-18(31)11-14-25(17,3)21(19)12-15-26(20,22)4/h17-23,31-32H,5-16H2,1-4H3/t17-,18?,19?,20?,21?,22?,23?,25?,26?/m0/s1. The van der Waals surface area contributed by atoms with E-state index in [2.05, 4.69) is 13.8 Å². The average molecular weight is 459 g/mol. The maximum absolute atomic E-state index is 14.3. The number of rotatable bonds is 5. The molecule has 0 spiro atoms. The monoisotopic (exact) mass is 458 g/mol. The third-order valence-electron chi connectivity index (χ3n) is 10.9. The number of hydrogen-bond acceptors (Lipinski definition) is 2. The lowest BCUT2D eigenvalue weighted by atomic mass is 9.44. The fraction of sp³-hybridized carbons (Fsp3) is 1.00. The van der Waals surface area contributed by atoms with E-state index in [0.717, 1.165) is 51.4 Å². The molecule has 4 fully saturated rings. The van der Waals surface area contributed by atoms with Crippen LogP contribution < -0.4 is 0 Å². The van der Waals surface area contributed by atoms with Crippen LogP contribution in [0.25, 0.3) is 0 Å². The molecule has 4 aliphatic rings. The van der Waals surface area contributed by atoms with Crippen LogP contribution in [0, 0.1) is 46.3 Å². The van der Waals surface area contributed by atoms with Crippen molar-refractivity contribution in [2.24, 2.45) is 46.3 Å². The molecule has 186 valence electrons. The molecule has 0 aromatic heterocycles. The first-order valence-corrected chi connectivity index (χ1v) is 13.2. The molecule has 0 aliphatic heterocycles. The maximum atomic E-state index is 14.3. The molecule has 0 radical (unpaired) electrons. The van der Waals surface area contributed by atoms with Crippen LogP contribution in [0.15, 0.2) is 0 Å². The first kappa shape index (κ1) is 24.8. The molecule has 0 heterocycles. The normalized spacial score (nSPS) is 45.7. The Morgan fingerprint density at radius 2 is 1.56 bits per heavy atom. The van der Waals surface area contributed by atoms with Gasteiger partial charge in [-0.05, 0) is 131 Å². The summed E-state index contributed by atoms with van der Waals surface area (Å²) in [5, 5.41) is 20.2. The molecule has 4 rings (SSSR count). The fourth-order valence-corrected chi connectivity index (χ4v) is 9.28. The quantitative estimate of drug-likeness (QED) is 0.460. The summed E-state index contributed by atoms with van der Waals surface area (Å²) in [6.07, 6.45) is 5.47. The summed E-state index contributed by atoms with van der Waals surface area (Å²) >= 11 is 0. The van der Waals surface area contributed by atoms with E-state index in [1.54, 1.807) is 13.8 Å². The molecule has 8 unspecified atom stereocenters. The molecule has 2 nitrogen and oxygen atoms in total. The summed E-state index contributed by atoms with van der Waals surface area (Å²) in [6.45, 7) is 8.00. The zero-order chi connectivity index (χ0) is 23.5. The van der Waals surface area contributed by atoms with Crippen LogP contribution >= 0.6 is 0 Å². The lowest BCUT2D eigenvalue weighted by Crippen LogP contribution is -2.54. The highest BCUT2D eigenvalue weighted by atomic mass is 19.4. The highest BCUT2D eigenvalue weighted by Crippen LogP contribution is 2.69. The Morgan fingerprint density at radius 1 is 0.906 bits per heavy atom. The summed E-state index contributed by atoms with van der Waals surface area (Å²) < 4.78 is 42.9. The lowest BCUT2D eigenvalue weighted by molar-refractivity contribution is -0.209. The highest BCUT2D eigenvalue weighted by molar-refractivity contribution is 5.10. The third-order valence-corrected chi connectivity index (χ3v) is 10.9. The van der Waals surface area contributed by atoms with Gasteiger partial charge in [0.15, 0.2) is 0 Å². The molecule has 4 saturated carbocycles. The SMILES string of the molecule is CC(C)(O)CCCC(C1CCC2C3CC[C@H]4CC(O)CCC4(C)C3CCC21C)C(F)(F)F. The molecule has 5 heteroatoms. The van der Waals surface area contributed by atoms with E-state index >= 15 is 0 Å². The zero-order valence-corrected chi connectivity index (χ0v) is 20.6. The number of alkyl halides is 3. The van der Waals surface area contributed by atoms with Crippen molar-refractivity contribution in [3.63, 3.8) is 0 Å². The Bertz CT molecular complexity index is 671. The Morgan fingerprint density at radius 3 is 2.22 bits per heavy atom. The van der Waals surface area contributed by atoms with Crippen LogP contribution in [0.2, 0.25) is 0 Å². The number of aliphatic hydroxyl groups is 2. The largest absolute Gasteiger partial charge is 0.393 e. The van der Waals surface area contributed by atoms with Gasteiger partial charge < -0.3 is 10.2 Å². The van der Waals surface area contributed by atoms with Crippen molar-refractivity contribution in [2.45, 2.75) is 123 Å². The topological polar surface area (TPSA) is 40.5 Å². The molecule has 4 aliphatic carbocycles. The Hall–Kier alpha value is -0.290. The predicted molar refractivity (Wildman–Crippen MR) is 121 cm³/mol. The molecular weight excluding hydrogens is 413 g/mol. The predicted octanol–water partition coefficient (Wildman–Crippen LogP) is 7.13. The molecule has 9 atom stereocenters. The van der Waals surface area contributed by atoms with E-state index in [0.29, 0.717) is 42.9 Å². The summed E-state index contributed by atoms with van der Waals surface area (Å²) in [6, 6.07) is 0. The van der Waals surface area contributed by atoms with Crippen molar-refractivity contribution in [2.75, 3.05) is 0 Å². The molecule has 0 aromatic carbocycles. The van der Waals surface area contributed by atoms with E-state index in [-0.39, 0.29) is 29.3 Å². The summed E-state index contributed by atoms with van der Waals surface area (Å²) in [4.78, 5) is 0. The van der Waals surface area contributed by atoms with Crippen molar-refractivity contribution >= 4 is 0 Å². The van der Waals surface area contributed by atoms with E-state index in [4.69, 9.17) is 0 Å². The van der Waals surface area contributed by atoms with E-state index in [9.17, 15) is 23.4 Å². The van der Waals surface area contributed by atoms with Crippen LogP contribution in [0.1, 0.15) is 105 Å². The van der Waals surface area contributed by atoms with Gasteiger partial charge in [0.05, 0.1) is 17.6 Å². The average Bonchev–Trinajstić information content (AvgIpc) is 3.01. The van der Waals surface area contributed by atoms with E-state index in [1.807, 2.05) is 0 Å². The van der Waals surface area contributed by atoms with Crippen LogP contribution in [-0.2, 0) is 0 Å². The number of aliphatic hydroxyl groups excluding tert-OH is 1. The van der Waals surface area contributed by atoms with Gasteiger partial charge in [-0.25, -0.2) is 0 Å². The fourth-order valence-electron chi connectivity index (χ4n) is 9.28. The van der Waals surface area contributed by atoms with E-state index < -0.39 is 17.7 Å². The Labute approximate surface area is 192 Å². The van der Waals surface area contributed by atoms with Gasteiger partial charge in [-0.1, -0.05) is 13.8 Å². The van der Waals surface area contributed by atoms with Gasteiger partial charge in [0, 0.05) is 0 Å². The molecular formula is C27H45F3O2. The van der Waals surface area contributed by atoms with Gasteiger partial charge in [-0.15, -0.1) is 0 Å². The van der Waals surface area contributed by atoms with Gasteiger partial charge in [0.25, 0.3) is 0 Å². The summed E-state index contributed by atoms with van der Waals surface area (Å²) in [5.74, 6) is 0.640. The number of fused-ring (bicyclic) bond motifs is 5. The molecule has 0 amide bonds. The number of halogens is 3. The van der Waals surface area contributed by atoms with Gasteiger partial charge in [0.2, 0.25) is 0 Å². The summed E-state index contributed by atoms with van der Waals surface area (Å²) in [5.41, 5.74) is -0.858. The van der Waals surface area contributed by atoms with Crippen molar-refractivity contribution in [3.8, 4) is 0 Å². The third kappa shape index (κ3) is 4.39. The first-order valence-electron chi connectivity index (χ1n) is 13.2. The molecule has 32 heavy (non-hydrogen) atoms. The van der Waals surface area contributed by atoms with Crippen LogP contribution in [0.5, 0.6) is 0 Å². The minimum absolute atomic E-state index is 0.145. The molecule has 0 bridgehead atoms. The van der Waals surface area contributed by atoms with Gasteiger partial charge in [0.1, 0.15) is 0 Å². The maximum Gasteiger partial charge on any atom is 0.392 e. The summed E-state index contributed by atoms with van der Waals surface area (Å²) in [7, 11) is 0. The highest BCUT2D eigenvalue weighted by Gasteiger charge is 2.63. The number of hydrogen-bond donors (Lipinski definition) is 2. The van der Waals surface area contributed by atoms with Crippen LogP contribution in [0.4, 0.5) is 13.2 Å². The van der Waals surface area contributed by atoms with Crippen molar-refractivity contribution in [1.82, 2.24) is 0 Å². The van der Waals surface area contributed by atoms with Crippen molar-refractivity contribution in [3.05, 3.63) is 0 Å². The van der Waals surface area contributed by atoms with Crippen LogP contribution in [-0.4, -0.2) is 28.1 Å². The second kappa shape index (κ2) is 8.43. The van der Waals surface area contributed by atoms with Gasteiger partial charge in [-0.2, -0.15) is 13.2 Å². The van der Waals surface area contributed by atoms with Gasteiger partial charge in [-0.3, -0.25) is 0 Å². The van der Waals surface area contributed by atoms with Crippen molar-refractivity contribution in [1.29, 1.82) is 0 Å². The Balaban J connectivity index is 1.52. The van der Waals surface area contributed by atoms with Crippen LogP contribution in [0.3, 0.4) is 0 Å². The molecule has 0 saturated heterocycles. The minimum atomic E-state index is -4.16. The first-order chi connectivity index (χ1) is 14.8. The van der Waals surface area contributed by atoms with E-state index in [1.165, 1.54) is 0 Å². The Kier molecular flexibility index (Phi) is 6.54. The van der Waals surface area contributed by atoms with Crippen molar-refractivity contribution < 1.29 is 23.4 Å². The zero-order valence-electron chi connectivity index (χ0n) is 20.6. The second-order valence-electron chi connectivity index (χ2n) is 13.2. The lowest BCUT2D eigenvalue weighted by Gasteiger charge is -2.61.